The fourth-order valence-electron chi connectivity index (χ4n) is 3.21. The standard InChI is InChI=1S/C17H28N2O/c1-3-5-8-13(4-2)16(19-18)15-11-6-9-14-10-7-12-20-17(14)15/h6,9,11,13,16,19H,3-5,7-8,10,12,18H2,1-2H3. The lowest BCUT2D eigenvalue weighted by molar-refractivity contribution is 0.268. The third-order valence-electron chi connectivity index (χ3n) is 4.40. The molecule has 0 fully saturated rings. The highest BCUT2D eigenvalue weighted by Crippen LogP contribution is 2.37. The lowest BCUT2D eigenvalue weighted by Crippen LogP contribution is -2.34. The molecule has 112 valence electrons. The second kappa shape index (κ2) is 7.65. The molecule has 3 nitrogen and oxygen atoms in total. The molecule has 3 N–H and O–H groups in total. The van der Waals surface area contributed by atoms with Gasteiger partial charge < -0.3 is 4.74 Å². The lowest BCUT2D eigenvalue weighted by Gasteiger charge is -2.30. The lowest BCUT2D eigenvalue weighted by atomic mass is 9.85. The van der Waals surface area contributed by atoms with Gasteiger partial charge >= 0.3 is 0 Å². The molecule has 0 aliphatic carbocycles. The molecule has 1 aromatic carbocycles. The summed E-state index contributed by atoms with van der Waals surface area (Å²) in [6, 6.07) is 6.68. The molecular formula is C17H28N2O. The summed E-state index contributed by atoms with van der Waals surface area (Å²) in [4.78, 5) is 0. The zero-order valence-electron chi connectivity index (χ0n) is 12.8. The fraction of sp³-hybridized carbons (Fsp3) is 0.647. The number of para-hydroxylation sites is 1. The second-order valence-electron chi connectivity index (χ2n) is 5.74. The smallest absolute Gasteiger partial charge is 0.127 e. The molecule has 1 heterocycles. The van der Waals surface area contributed by atoms with Crippen molar-refractivity contribution in [1.29, 1.82) is 0 Å². The summed E-state index contributed by atoms with van der Waals surface area (Å²) in [5.41, 5.74) is 5.62. The SMILES string of the molecule is CCCCC(CC)C(NN)c1cccc2c1OCCC2. The van der Waals surface area contributed by atoms with Gasteiger partial charge in [0.1, 0.15) is 5.75 Å². The number of nitrogens with one attached hydrogen (secondary N) is 1. The molecule has 3 heteroatoms. The zero-order valence-corrected chi connectivity index (χ0v) is 12.8. The summed E-state index contributed by atoms with van der Waals surface area (Å²) in [7, 11) is 0. The first-order valence-corrected chi connectivity index (χ1v) is 8.02. The Kier molecular flexibility index (Phi) is 5.86. The van der Waals surface area contributed by atoms with Gasteiger partial charge in [0.25, 0.3) is 0 Å². The van der Waals surface area contributed by atoms with E-state index in [9.17, 15) is 0 Å². The van der Waals surface area contributed by atoms with E-state index in [0.717, 1.165) is 31.6 Å². The van der Waals surface area contributed by atoms with E-state index in [4.69, 9.17) is 10.6 Å². The number of hydrogen-bond acceptors (Lipinski definition) is 3. The van der Waals surface area contributed by atoms with Gasteiger partial charge in [-0.25, -0.2) is 0 Å². The Morgan fingerprint density at radius 2 is 2.20 bits per heavy atom. The monoisotopic (exact) mass is 276 g/mol. The molecule has 2 atom stereocenters. The number of hydrogen-bond donors (Lipinski definition) is 2. The van der Waals surface area contributed by atoms with Crippen LogP contribution >= 0.6 is 0 Å². The number of ether oxygens (including phenoxy) is 1. The van der Waals surface area contributed by atoms with Gasteiger partial charge in [-0.05, 0) is 30.7 Å². The van der Waals surface area contributed by atoms with Crippen molar-refractivity contribution in [3.05, 3.63) is 29.3 Å². The van der Waals surface area contributed by atoms with E-state index in [-0.39, 0.29) is 6.04 Å². The molecule has 0 bridgehead atoms. The van der Waals surface area contributed by atoms with Gasteiger partial charge in [0.15, 0.2) is 0 Å². The number of fused-ring (bicyclic) bond motifs is 1. The van der Waals surface area contributed by atoms with Crippen molar-refractivity contribution in [3.8, 4) is 5.75 Å². The minimum atomic E-state index is 0.194. The summed E-state index contributed by atoms with van der Waals surface area (Å²) in [5, 5.41) is 0. The molecule has 1 aromatic rings. The maximum atomic E-state index is 5.94. The number of benzene rings is 1. The van der Waals surface area contributed by atoms with E-state index >= 15 is 0 Å². The average Bonchev–Trinajstić information content (AvgIpc) is 2.51. The van der Waals surface area contributed by atoms with Crippen LogP contribution in [0.5, 0.6) is 5.75 Å². The minimum absolute atomic E-state index is 0.194. The largest absolute Gasteiger partial charge is 0.493 e. The summed E-state index contributed by atoms with van der Waals surface area (Å²) >= 11 is 0. The van der Waals surface area contributed by atoms with Crippen LogP contribution in [0.2, 0.25) is 0 Å². The molecule has 0 saturated heterocycles. The minimum Gasteiger partial charge on any atom is -0.493 e. The highest BCUT2D eigenvalue weighted by atomic mass is 16.5. The first-order valence-electron chi connectivity index (χ1n) is 8.02. The van der Waals surface area contributed by atoms with Gasteiger partial charge in [-0.3, -0.25) is 11.3 Å². The van der Waals surface area contributed by atoms with Crippen molar-refractivity contribution in [2.24, 2.45) is 11.8 Å². The Balaban J connectivity index is 2.26. The van der Waals surface area contributed by atoms with Crippen LogP contribution in [0.15, 0.2) is 18.2 Å². The third-order valence-corrected chi connectivity index (χ3v) is 4.40. The average molecular weight is 276 g/mol. The Labute approximate surface area is 122 Å². The molecule has 2 unspecified atom stereocenters. The summed E-state index contributed by atoms with van der Waals surface area (Å²) < 4.78 is 5.94. The Morgan fingerprint density at radius 1 is 1.35 bits per heavy atom. The Bertz CT molecular complexity index is 419. The first kappa shape index (κ1) is 15.3. The van der Waals surface area contributed by atoms with Crippen molar-refractivity contribution < 1.29 is 4.74 Å². The van der Waals surface area contributed by atoms with Crippen LogP contribution in [0, 0.1) is 5.92 Å². The highest BCUT2D eigenvalue weighted by Gasteiger charge is 2.25. The van der Waals surface area contributed by atoms with E-state index in [1.807, 2.05) is 0 Å². The topological polar surface area (TPSA) is 47.3 Å². The maximum Gasteiger partial charge on any atom is 0.127 e. The van der Waals surface area contributed by atoms with Gasteiger partial charge in [-0.2, -0.15) is 0 Å². The highest BCUT2D eigenvalue weighted by molar-refractivity contribution is 5.44. The van der Waals surface area contributed by atoms with Crippen molar-refractivity contribution in [1.82, 2.24) is 5.43 Å². The first-order chi connectivity index (χ1) is 9.81. The molecule has 0 amide bonds. The number of unbranched alkanes of at least 4 members (excludes halogenated alkanes) is 1. The fourth-order valence-corrected chi connectivity index (χ4v) is 3.21. The zero-order chi connectivity index (χ0) is 14.4. The molecule has 1 aliphatic heterocycles. The normalized spacial score (nSPS) is 17.1. The second-order valence-corrected chi connectivity index (χ2v) is 5.74. The van der Waals surface area contributed by atoms with Crippen LogP contribution < -0.4 is 16.0 Å². The van der Waals surface area contributed by atoms with Gasteiger partial charge in [-0.1, -0.05) is 51.3 Å². The van der Waals surface area contributed by atoms with E-state index in [1.165, 1.54) is 30.4 Å². The molecule has 0 saturated carbocycles. The van der Waals surface area contributed by atoms with E-state index in [0.29, 0.717) is 5.92 Å². The Hall–Kier alpha value is -1.06. The van der Waals surface area contributed by atoms with Crippen LogP contribution in [0.25, 0.3) is 0 Å². The number of rotatable bonds is 7. The summed E-state index contributed by atoms with van der Waals surface area (Å²) in [6.45, 7) is 5.32. The molecule has 20 heavy (non-hydrogen) atoms. The molecule has 1 aliphatic rings. The molecule has 0 spiro atoms. The van der Waals surface area contributed by atoms with Crippen molar-refractivity contribution in [2.45, 2.75) is 58.4 Å². The van der Waals surface area contributed by atoms with Gasteiger partial charge in [0, 0.05) is 5.56 Å². The molecular weight excluding hydrogens is 248 g/mol. The molecule has 0 aromatic heterocycles. The summed E-state index contributed by atoms with van der Waals surface area (Å²) in [6.07, 6.45) is 7.07. The van der Waals surface area contributed by atoms with Crippen LogP contribution in [0.3, 0.4) is 0 Å². The number of hydrazine groups is 1. The van der Waals surface area contributed by atoms with E-state index in [2.05, 4.69) is 37.5 Å². The van der Waals surface area contributed by atoms with E-state index < -0.39 is 0 Å². The molecule has 0 radical (unpaired) electrons. The Morgan fingerprint density at radius 3 is 2.90 bits per heavy atom. The van der Waals surface area contributed by atoms with Gasteiger partial charge in [-0.15, -0.1) is 0 Å². The van der Waals surface area contributed by atoms with Crippen LogP contribution in [-0.4, -0.2) is 6.61 Å². The predicted molar refractivity (Wildman–Crippen MR) is 83.6 cm³/mol. The van der Waals surface area contributed by atoms with Crippen LogP contribution in [-0.2, 0) is 6.42 Å². The summed E-state index contributed by atoms with van der Waals surface area (Å²) in [5.74, 6) is 7.53. The van der Waals surface area contributed by atoms with Crippen LogP contribution in [0.1, 0.15) is 63.1 Å². The molecule has 2 rings (SSSR count). The van der Waals surface area contributed by atoms with Crippen molar-refractivity contribution in [3.63, 3.8) is 0 Å². The predicted octanol–water partition coefficient (Wildman–Crippen LogP) is 3.73. The third kappa shape index (κ3) is 3.33. The quantitative estimate of drug-likeness (QED) is 0.589. The van der Waals surface area contributed by atoms with E-state index in [1.54, 1.807) is 0 Å². The van der Waals surface area contributed by atoms with Gasteiger partial charge in [0.2, 0.25) is 0 Å². The number of nitrogens with two attached hydrogens (primary N) is 1. The maximum absolute atomic E-state index is 5.94. The number of aryl methyl sites for hydroxylation is 1. The van der Waals surface area contributed by atoms with Crippen molar-refractivity contribution in [2.75, 3.05) is 6.61 Å². The van der Waals surface area contributed by atoms with Gasteiger partial charge in [0.05, 0.1) is 12.6 Å². The van der Waals surface area contributed by atoms with Crippen molar-refractivity contribution >= 4 is 0 Å². The van der Waals surface area contributed by atoms with Crippen LogP contribution in [0.4, 0.5) is 0 Å².